The minimum Gasteiger partial charge on any atom is -0.492 e. The lowest BCUT2D eigenvalue weighted by atomic mass is 10.1. The fraction of sp³-hybridized carbons (Fsp3) is 0.308. The molecule has 1 aliphatic heterocycles. The van der Waals surface area contributed by atoms with Gasteiger partial charge < -0.3 is 19.3 Å². The maximum absolute atomic E-state index is 12.8. The van der Waals surface area contributed by atoms with Crippen molar-refractivity contribution in [2.24, 2.45) is 0 Å². The molecule has 0 spiro atoms. The normalized spacial score (nSPS) is 14.0. The number of carbonyl (C=O) groups excluding carboxylic acids is 1. The first-order valence-corrected chi connectivity index (χ1v) is 12.1. The van der Waals surface area contributed by atoms with E-state index in [1.165, 1.54) is 0 Å². The van der Waals surface area contributed by atoms with Gasteiger partial charge in [-0.3, -0.25) is 4.79 Å². The molecule has 1 saturated heterocycles. The quantitative estimate of drug-likeness (QED) is 0.450. The third kappa shape index (κ3) is 5.93. The Balaban J connectivity index is 1.34. The Bertz CT molecular complexity index is 1100. The molecule has 4 rings (SSSR count). The number of anilines is 1. The fourth-order valence-corrected chi connectivity index (χ4v) is 4.40. The lowest BCUT2D eigenvalue weighted by Gasteiger charge is -2.36. The molecule has 1 aromatic heterocycles. The van der Waals surface area contributed by atoms with Crippen LogP contribution in [-0.4, -0.2) is 48.6 Å². The summed E-state index contributed by atoms with van der Waals surface area (Å²) in [7, 11) is 0. The molecule has 0 aliphatic carbocycles. The van der Waals surface area contributed by atoms with Gasteiger partial charge in [0, 0.05) is 43.2 Å². The van der Waals surface area contributed by atoms with Crippen LogP contribution in [0.2, 0.25) is 0 Å². The van der Waals surface area contributed by atoms with Crippen molar-refractivity contribution in [2.45, 2.75) is 20.5 Å². The second-order valence-electron chi connectivity index (χ2n) is 7.73. The predicted molar refractivity (Wildman–Crippen MR) is 133 cm³/mol. The molecule has 7 heteroatoms. The average molecular weight is 464 g/mol. The van der Waals surface area contributed by atoms with Crippen LogP contribution in [0.3, 0.4) is 0 Å². The minimum absolute atomic E-state index is 0.0117. The summed E-state index contributed by atoms with van der Waals surface area (Å²) in [6.07, 6.45) is 3.47. The van der Waals surface area contributed by atoms with E-state index >= 15 is 0 Å². The van der Waals surface area contributed by atoms with Gasteiger partial charge in [-0.15, -0.1) is 11.3 Å². The van der Waals surface area contributed by atoms with Gasteiger partial charge in [0.1, 0.15) is 18.1 Å². The highest BCUT2D eigenvalue weighted by molar-refractivity contribution is 7.09. The summed E-state index contributed by atoms with van der Waals surface area (Å²) in [4.78, 5) is 21.4. The average Bonchev–Trinajstić information content (AvgIpc) is 3.27. The highest BCUT2D eigenvalue weighted by Crippen LogP contribution is 2.29. The van der Waals surface area contributed by atoms with Crippen molar-refractivity contribution in [2.75, 3.05) is 37.7 Å². The first-order valence-electron chi connectivity index (χ1n) is 11.2. The Morgan fingerprint density at radius 1 is 1.03 bits per heavy atom. The predicted octanol–water partition coefficient (Wildman–Crippen LogP) is 4.79. The van der Waals surface area contributed by atoms with Crippen LogP contribution in [0.1, 0.15) is 23.2 Å². The molecule has 1 aliphatic rings. The molecule has 172 valence electrons. The topological polar surface area (TPSA) is 54.9 Å². The van der Waals surface area contributed by atoms with E-state index in [1.54, 1.807) is 17.4 Å². The van der Waals surface area contributed by atoms with Crippen molar-refractivity contribution in [1.29, 1.82) is 0 Å². The van der Waals surface area contributed by atoms with Crippen LogP contribution in [0.15, 0.2) is 60.0 Å². The monoisotopic (exact) mass is 463 g/mol. The number of rotatable bonds is 8. The summed E-state index contributed by atoms with van der Waals surface area (Å²) in [5, 5.41) is 3.03. The van der Waals surface area contributed by atoms with E-state index in [0.717, 1.165) is 46.5 Å². The molecule has 0 radical (unpaired) electrons. The van der Waals surface area contributed by atoms with Crippen LogP contribution >= 0.6 is 11.3 Å². The van der Waals surface area contributed by atoms with E-state index in [1.807, 2.05) is 72.7 Å². The molecular formula is C26H29N3O3S. The van der Waals surface area contributed by atoms with Gasteiger partial charge in [0.05, 0.1) is 23.0 Å². The number of para-hydroxylation sites is 3. The summed E-state index contributed by atoms with van der Waals surface area (Å²) < 4.78 is 11.7. The zero-order chi connectivity index (χ0) is 23.0. The molecule has 0 unspecified atom stereocenters. The van der Waals surface area contributed by atoms with Crippen molar-refractivity contribution >= 4 is 29.0 Å². The summed E-state index contributed by atoms with van der Waals surface area (Å²) in [5.74, 6) is 1.64. The number of amides is 1. The Labute approximate surface area is 199 Å². The standard InChI is InChI=1S/C26H29N3O3S/c1-3-31-25-11-7-5-9-23(25)28-14-16-29(17-15-28)26(30)13-12-21-8-4-6-10-24(21)32-18-22-19-33-20(2)27-22/h4-13,19H,3,14-18H2,1-2H3/b13-12+. The molecular weight excluding hydrogens is 434 g/mol. The number of nitrogens with zero attached hydrogens (tertiary/aromatic N) is 3. The van der Waals surface area contributed by atoms with Crippen LogP contribution in [0, 0.1) is 6.92 Å². The van der Waals surface area contributed by atoms with Gasteiger partial charge in [0.2, 0.25) is 5.91 Å². The number of hydrogen-bond acceptors (Lipinski definition) is 6. The largest absolute Gasteiger partial charge is 0.492 e. The van der Waals surface area contributed by atoms with Crippen molar-refractivity contribution in [3.8, 4) is 11.5 Å². The molecule has 0 N–H and O–H groups in total. The number of carbonyl (C=O) groups is 1. The maximum Gasteiger partial charge on any atom is 0.246 e. The summed E-state index contributed by atoms with van der Waals surface area (Å²) in [6.45, 7) is 7.91. The highest BCUT2D eigenvalue weighted by atomic mass is 32.1. The smallest absolute Gasteiger partial charge is 0.246 e. The van der Waals surface area contributed by atoms with Crippen LogP contribution in [0.5, 0.6) is 11.5 Å². The maximum atomic E-state index is 12.8. The SMILES string of the molecule is CCOc1ccccc1N1CCN(C(=O)/C=C/c2ccccc2OCc2csc(C)n2)CC1. The van der Waals surface area contributed by atoms with Crippen LogP contribution in [0.25, 0.3) is 6.08 Å². The molecule has 0 bridgehead atoms. The molecule has 2 heterocycles. The van der Waals surface area contributed by atoms with E-state index in [0.29, 0.717) is 26.3 Å². The number of aryl methyl sites for hydroxylation is 1. The van der Waals surface area contributed by atoms with E-state index in [2.05, 4.69) is 16.0 Å². The molecule has 1 amide bonds. The van der Waals surface area contributed by atoms with Crippen molar-refractivity contribution < 1.29 is 14.3 Å². The minimum atomic E-state index is 0.0117. The van der Waals surface area contributed by atoms with Gasteiger partial charge in [0.15, 0.2) is 0 Å². The number of ether oxygens (including phenoxy) is 2. The number of hydrogen-bond donors (Lipinski definition) is 0. The number of piperazine rings is 1. The Morgan fingerprint density at radius 2 is 1.76 bits per heavy atom. The number of aromatic nitrogens is 1. The van der Waals surface area contributed by atoms with Gasteiger partial charge in [-0.25, -0.2) is 4.98 Å². The third-order valence-corrected chi connectivity index (χ3v) is 6.29. The number of thiazole rings is 1. The van der Waals surface area contributed by atoms with E-state index < -0.39 is 0 Å². The molecule has 2 aromatic carbocycles. The number of benzene rings is 2. The van der Waals surface area contributed by atoms with Gasteiger partial charge in [-0.1, -0.05) is 30.3 Å². The highest BCUT2D eigenvalue weighted by Gasteiger charge is 2.21. The molecule has 3 aromatic rings. The molecule has 0 saturated carbocycles. The lowest BCUT2D eigenvalue weighted by molar-refractivity contribution is -0.126. The lowest BCUT2D eigenvalue weighted by Crippen LogP contribution is -2.48. The van der Waals surface area contributed by atoms with Crippen LogP contribution in [-0.2, 0) is 11.4 Å². The molecule has 6 nitrogen and oxygen atoms in total. The van der Waals surface area contributed by atoms with Gasteiger partial charge in [0.25, 0.3) is 0 Å². The van der Waals surface area contributed by atoms with Crippen molar-refractivity contribution in [1.82, 2.24) is 9.88 Å². The van der Waals surface area contributed by atoms with E-state index in [4.69, 9.17) is 9.47 Å². The van der Waals surface area contributed by atoms with Crippen LogP contribution < -0.4 is 14.4 Å². The zero-order valence-electron chi connectivity index (χ0n) is 19.1. The first kappa shape index (κ1) is 22.9. The van der Waals surface area contributed by atoms with Gasteiger partial charge in [-0.05, 0) is 38.1 Å². The van der Waals surface area contributed by atoms with Gasteiger partial charge in [-0.2, -0.15) is 0 Å². The Morgan fingerprint density at radius 3 is 2.48 bits per heavy atom. The summed E-state index contributed by atoms with van der Waals surface area (Å²) >= 11 is 1.61. The van der Waals surface area contributed by atoms with E-state index in [9.17, 15) is 4.79 Å². The van der Waals surface area contributed by atoms with Crippen LogP contribution in [0.4, 0.5) is 5.69 Å². The Kier molecular flexibility index (Phi) is 7.62. The van der Waals surface area contributed by atoms with Crippen molar-refractivity contribution in [3.63, 3.8) is 0 Å². The summed E-state index contributed by atoms with van der Waals surface area (Å²) in [6, 6.07) is 15.8. The van der Waals surface area contributed by atoms with Gasteiger partial charge >= 0.3 is 0 Å². The molecule has 33 heavy (non-hydrogen) atoms. The summed E-state index contributed by atoms with van der Waals surface area (Å²) in [5.41, 5.74) is 2.88. The molecule has 1 fully saturated rings. The molecule has 0 atom stereocenters. The Hall–Kier alpha value is -3.32. The van der Waals surface area contributed by atoms with Crippen molar-refractivity contribution in [3.05, 3.63) is 76.3 Å². The second kappa shape index (κ2) is 11.0. The zero-order valence-corrected chi connectivity index (χ0v) is 19.9. The first-order chi connectivity index (χ1) is 16.1. The fourth-order valence-electron chi connectivity index (χ4n) is 3.81. The third-order valence-electron chi connectivity index (χ3n) is 5.46. The second-order valence-corrected chi connectivity index (χ2v) is 8.79. The van der Waals surface area contributed by atoms with E-state index in [-0.39, 0.29) is 5.91 Å².